The molecule has 5 heteroatoms. The number of aromatic nitrogens is 1. The van der Waals surface area contributed by atoms with Gasteiger partial charge < -0.3 is 14.4 Å². The number of carboxylic acids is 1. The van der Waals surface area contributed by atoms with Crippen molar-refractivity contribution < 1.29 is 14.6 Å². The summed E-state index contributed by atoms with van der Waals surface area (Å²) in [5, 5.41) is 9.06. The van der Waals surface area contributed by atoms with Crippen LogP contribution in [0.1, 0.15) is 15.9 Å². The molecule has 0 aliphatic carbocycles. The number of aromatic carboxylic acids is 1. The van der Waals surface area contributed by atoms with Gasteiger partial charge in [0.15, 0.2) is 0 Å². The first-order valence-electron chi connectivity index (χ1n) is 9.50. The van der Waals surface area contributed by atoms with E-state index in [0.717, 1.165) is 49.7 Å². The van der Waals surface area contributed by atoms with Crippen LogP contribution in [0, 0.1) is 0 Å². The summed E-state index contributed by atoms with van der Waals surface area (Å²) in [6, 6.07) is 17.9. The molecule has 2 heterocycles. The number of carboxylic acid groups (broad SMARTS) is 1. The maximum Gasteiger partial charge on any atom is 0.335 e. The Balaban J connectivity index is 1.52. The first kappa shape index (κ1) is 18.5. The summed E-state index contributed by atoms with van der Waals surface area (Å²) in [5.74, 6) is -0.905. The van der Waals surface area contributed by atoms with E-state index >= 15 is 0 Å². The van der Waals surface area contributed by atoms with Gasteiger partial charge in [0.25, 0.3) is 0 Å². The van der Waals surface area contributed by atoms with Crippen LogP contribution in [0.5, 0.6) is 0 Å². The molecule has 0 bridgehead atoms. The van der Waals surface area contributed by atoms with Crippen LogP contribution in [0.3, 0.4) is 0 Å². The number of aryl methyl sites for hydroxylation is 1. The van der Waals surface area contributed by atoms with Crippen molar-refractivity contribution in [2.24, 2.45) is 7.05 Å². The van der Waals surface area contributed by atoms with Crippen LogP contribution in [0.2, 0.25) is 0 Å². The Hall–Kier alpha value is -2.89. The highest BCUT2D eigenvalue weighted by molar-refractivity contribution is 5.88. The van der Waals surface area contributed by atoms with Crippen molar-refractivity contribution in [3.63, 3.8) is 0 Å². The number of hydrogen-bond acceptors (Lipinski definition) is 3. The van der Waals surface area contributed by atoms with Crippen LogP contribution in [0.4, 0.5) is 0 Å². The first-order valence-corrected chi connectivity index (χ1v) is 9.50. The summed E-state index contributed by atoms with van der Waals surface area (Å²) in [7, 11) is 2.03. The average Bonchev–Trinajstić information content (AvgIpc) is 3.11. The molecule has 0 saturated carbocycles. The van der Waals surface area contributed by atoms with Crippen molar-refractivity contribution >= 4 is 5.97 Å². The number of ether oxygens (including phenoxy) is 1. The molecule has 0 radical (unpaired) electrons. The lowest BCUT2D eigenvalue weighted by Crippen LogP contribution is -2.35. The second kappa shape index (κ2) is 8.00. The molecule has 0 atom stereocenters. The molecule has 2 aromatic carbocycles. The molecule has 3 aromatic rings. The van der Waals surface area contributed by atoms with Gasteiger partial charge in [-0.25, -0.2) is 4.79 Å². The van der Waals surface area contributed by atoms with Gasteiger partial charge in [-0.3, -0.25) is 4.90 Å². The molecule has 0 spiro atoms. The number of carbonyl (C=O) groups is 1. The van der Waals surface area contributed by atoms with E-state index in [2.05, 4.69) is 46.0 Å². The molecule has 1 aromatic heterocycles. The number of benzene rings is 2. The minimum absolute atomic E-state index is 0.302. The van der Waals surface area contributed by atoms with Gasteiger partial charge in [0, 0.05) is 38.6 Å². The summed E-state index contributed by atoms with van der Waals surface area (Å²) in [6.07, 6.45) is 2.08. The van der Waals surface area contributed by atoms with Crippen LogP contribution in [0.25, 0.3) is 22.4 Å². The molecule has 144 valence electrons. The lowest BCUT2D eigenvalue weighted by Gasteiger charge is -2.26. The maximum atomic E-state index is 11.0. The molecule has 28 heavy (non-hydrogen) atoms. The Bertz CT molecular complexity index is 953. The van der Waals surface area contributed by atoms with Crippen LogP contribution >= 0.6 is 0 Å². The fourth-order valence-corrected chi connectivity index (χ4v) is 3.61. The van der Waals surface area contributed by atoms with Crippen LogP contribution in [-0.4, -0.2) is 46.8 Å². The molecule has 1 N–H and O–H groups in total. The highest BCUT2D eigenvalue weighted by Crippen LogP contribution is 2.28. The van der Waals surface area contributed by atoms with E-state index in [9.17, 15) is 4.79 Å². The molecule has 1 fully saturated rings. The quantitative estimate of drug-likeness (QED) is 0.734. The van der Waals surface area contributed by atoms with E-state index in [1.165, 1.54) is 11.1 Å². The number of nitrogens with zero attached hydrogens (tertiary/aromatic N) is 2. The summed E-state index contributed by atoms with van der Waals surface area (Å²) >= 11 is 0. The molecule has 0 unspecified atom stereocenters. The van der Waals surface area contributed by atoms with Crippen LogP contribution < -0.4 is 0 Å². The molecule has 0 amide bonds. The Morgan fingerprint density at radius 1 is 0.964 bits per heavy atom. The van der Waals surface area contributed by atoms with E-state index in [-0.39, 0.29) is 0 Å². The summed E-state index contributed by atoms with van der Waals surface area (Å²) in [4.78, 5) is 13.4. The number of hydrogen-bond donors (Lipinski definition) is 1. The van der Waals surface area contributed by atoms with Crippen molar-refractivity contribution in [1.82, 2.24) is 9.47 Å². The zero-order valence-electron chi connectivity index (χ0n) is 16.0. The van der Waals surface area contributed by atoms with Gasteiger partial charge in [0.1, 0.15) is 0 Å². The summed E-state index contributed by atoms with van der Waals surface area (Å²) in [6.45, 7) is 4.57. The summed E-state index contributed by atoms with van der Waals surface area (Å²) < 4.78 is 7.52. The van der Waals surface area contributed by atoms with Gasteiger partial charge in [0.2, 0.25) is 0 Å². The molecule has 4 rings (SSSR count). The molecule has 1 aliphatic rings. The van der Waals surface area contributed by atoms with Crippen molar-refractivity contribution in [2.45, 2.75) is 6.54 Å². The first-order chi connectivity index (χ1) is 13.6. The predicted molar refractivity (Wildman–Crippen MR) is 109 cm³/mol. The summed E-state index contributed by atoms with van der Waals surface area (Å²) in [5.41, 5.74) is 6.00. The third-order valence-electron chi connectivity index (χ3n) is 5.23. The Morgan fingerprint density at radius 3 is 2.25 bits per heavy atom. The Labute approximate surface area is 164 Å². The minimum Gasteiger partial charge on any atom is -0.478 e. The third kappa shape index (κ3) is 4.01. The molecular formula is C23H24N2O3. The Morgan fingerprint density at radius 2 is 1.61 bits per heavy atom. The standard InChI is InChI=1S/C23H24N2O3/c1-24-16-21(18-6-8-20(9-7-18)23(26)27)14-22(24)19-4-2-17(3-5-19)15-25-10-12-28-13-11-25/h2-9,14,16H,10-13,15H2,1H3,(H,26,27). The lowest BCUT2D eigenvalue weighted by atomic mass is 10.0. The van der Waals surface area contributed by atoms with Gasteiger partial charge in [-0.15, -0.1) is 0 Å². The van der Waals surface area contributed by atoms with Gasteiger partial charge in [-0.2, -0.15) is 0 Å². The molecule has 1 aliphatic heterocycles. The topological polar surface area (TPSA) is 54.7 Å². The Kier molecular flexibility index (Phi) is 5.28. The largest absolute Gasteiger partial charge is 0.478 e. The maximum absolute atomic E-state index is 11.0. The van der Waals surface area contributed by atoms with Crippen molar-refractivity contribution in [2.75, 3.05) is 26.3 Å². The fourth-order valence-electron chi connectivity index (χ4n) is 3.61. The van der Waals surface area contributed by atoms with E-state index in [1.807, 2.05) is 19.2 Å². The molecule has 5 nitrogen and oxygen atoms in total. The van der Waals surface area contributed by atoms with Gasteiger partial charge >= 0.3 is 5.97 Å². The van der Waals surface area contributed by atoms with Gasteiger partial charge in [0.05, 0.1) is 18.8 Å². The van der Waals surface area contributed by atoms with Gasteiger partial charge in [-0.05, 0) is 40.5 Å². The normalized spacial score (nSPS) is 14.9. The van der Waals surface area contributed by atoms with E-state index < -0.39 is 5.97 Å². The molecular weight excluding hydrogens is 352 g/mol. The monoisotopic (exact) mass is 376 g/mol. The zero-order valence-corrected chi connectivity index (χ0v) is 16.0. The predicted octanol–water partition coefficient (Wildman–Crippen LogP) is 3.89. The second-order valence-corrected chi connectivity index (χ2v) is 7.19. The van der Waals surface area contributed by atoms with Gasteiger partial charge in [-0.1, -0.05) is 36.4 Å². The number of rotatable bonds is 5. The zero-order chi connectivity index (χ0) is 19.5. The third-order valence-corrected chi connectivity index (χ3v) is 5.23. The highest BCUT2D eigenvalue weighted by Gasteiger charge is 2.12. The van der Waals surface area contributed by atoms with E-state index in [1.54, 1.807) is 12.1 Å². The van der Waals surface area contributed by atoms with Crippen molar-refractivity contribution in [3.05, 3.63) is 71.9 Å². The highest BCUT2D eigenvalue weighted by atomic mass is 16.5. The van der Waals surface area contributed by atoms with E-state index in [0.29, 0.717) is 5.56 Å². The average molecular weight is 376 g/mol. The smallest absolute Gasteiger partial charge is 0.335 e. The number of morpholine rings is 1. The van der Waals surface area contributed by atoms with Crippen LogP contribution in [-0.2, 0) is 18.3 Å². The van der Waals surface area contributed by atoms with Crippen molar-refractivity contribution in [1.29, 1.82) is 0 Å². The van der Waals surface area contributed by atoms with E-state index in [4.69, 9.17) is 9.84 Å². The second-order valence-electron chi connectivity index (χ2n) is 7.19. The molecule has 1 saturated heterocycles. The fraction of sp³-hybridized carbons (Fsp3) is 0.261. The minimum atomic E-state index is -0.905. The van der Waals surface area contributed by atoms with Crippen LogP contribution in [0.15, 0.2) is 60.8 Å². The lowest BCUT2D eigenvalue weighted by molar-refractivity contribution is 0.0342. The SMILES string of the molecule is Cn1cc(-c2ccc(C(=O)O)cc2)cc1-c1ccc(CN2CCOCC2)cc1. The van der Waals surface area contributed by atoms with Crippen molar-refractivity contribution in [3.8, 4) is 22.4 Å².